The number of ether oxygens (including phenoxy) is 2. The highest BCUT2D eigenvalue weighted by molar-refractivity contribution is 5.76. The van der Waals surface area contributed by atoms with Gasteiger partial charge in [-0.2, -0.15) is 0 Å². The van der Waals surface area contributed by atoms with Gasteiger partial charge >= 0.3 is 5.97 Å². The Kier molecular flexibility index (Phi) is 5.83. The van der Waals surface area contributed by atoms with Gasteiger partial charge in [-0.3, -0.25) is 9.69 Å². The van der Waals surface area contributed by atoms with E-state index in [4.69, 9.17) is 9.47 Å². The van der Waals surface area contributed by atoms with E-state index >= 15 is 0 Å². The van der Waals surface area contributed by atoms with Gasteiger partial charge in [-0.1, -0.05) is 18.2 Å². The van der Waals surface area contributed by atoms with Gasteiger partial charge in [-0.25, -0.2) is 0 Å². The average Bonchev–Trinajstić information content (AvgIpc) is 2.49. The zero-order valence-electron chi connectivity index (χ0n) is 11.9. The number of nitrogens with one attached hydrogen (secondary N) is 1. The predicted octanol–water partition coefficient (Wildman–Crippen LogP) is 0.902. The molecule has 1 aromatic carbocycles. The van der Waals surface area contributed by atoms with Gasteiger partial charge in [0.25, 0.3) is 0 Å². The normalized spacial score (nSPS) is 19.6. The van der Waals surface area contributed by atoms with E-state index in [0.717, 1.165) is 25.4 Å². The topological polar surface area (TPSA) is 50.8 Å². The molecule has 1 aliphatic heterocycles. The van der Waals surface area contributed by atoms with Crippen LogP contribution < -0.4 is 10.1 Å². The van der Waals surface area contributed by atoms with Crippen LogP contribution in [-0.2, 0) is 9.53 Å². The van der Waals surface area contributed by atoms with Crippen molar-refractivity contribution in [2.45, 2.75) is 13.0 Å². The molecule has 2 rings (SSSR count). The Morgan fingerprint density at radius 1 is 1.40 bits per heavy atom. The lowest BCUT2D eigenvalue weighted by Gasteiger charge is -2.34. The molecule has 1 aliphatic rings. The SMILES string of the molecule is CCOC(=O)C1CNCCN1CCOc1ccccc1. The quantitative estimate of drug-likeness (QED) is 0.784. The molecule has 1 heterocycles. The van der Waals surface area contributed by atoms with Gasteiger partial charge in [0.1, 0.15) is 18.4 Å². The van der Waals surface area contributed by atoms with Crippen molar-refractivity contribution in [3.8, 4) is 5.75 Å². The van der Waals surface area contributed by atoms with Crippen molar-refractivity contribution in [3.63, 3.8) is 0 Å². The molecule has 0 radical (unpaired) electrons. The number of piperazine rings is 1. The third kappa shape index (κ3) is 4.21. The molecule has 0 amide bonds. The van der Waals surface area contributed by atoms with Crippen LogP contribution in [0.15, 0.2) is 30.3 Å². The zero-order valence-corrected chi connectivity index (χ0v) is 11.9. The molecule has 1 unspecified atom stereocenters. The van der Waals surface area contributed by atoms with Crippen LogP contribution in [-0.4, -0.2) is 56.3 Å². The third-order valence-corrected chi connectivity index (χ3v) is 3.30. The number of hydrogen-bond donors (Lipinski definition) is 1. The summed E-state index contributed by atoms with van der Waals surface area (Å²) in [5.41, 5.74) is 0. The first-order valence-corrected chi connectivity index (χ1v) is 7.10. The minimum atomic E-state index is -0.205. The first kappa shape index (κ1) is 14.8. The maximum Gasteiger partial charge on any atom is 0.324 e. The summed E-state index contributed by atoms with van der Waals surface area (Å²) in [5, 5.41) is 3.23. The number of nitrogens with zero attached hydrogens (tertiary/aromatic N) is 1. The molecule has 0 spiro atoms. The average molecular weight is 278 g/mol. The lowest BCUT2D eigenvalue weighted by atomic mass is 10.2. The molecule has 0 aliphatic carbocycles. The van der Waals surface area contributed by atoms with Crippen molar-refractivity contribution in [1.29, 1.82) is 0 Å². The third-order valence-electron chi connectivity index (χ3n) is 3.30. The lowest BCUT2D eigenvalue weighted by molar-refractivity contribution is -0.150. The second kappa shape index (κ2) is 7.87. The predicted molar refractivity (Wildman–Crippen MR) is 76.8 cm³/mol. The Hall–Kier alpha value is -1.59. The highest BCUT2D eigenvalue weighted by Gasteiger charge is 2.29. The molecule has 1 fully saturated rings. The summed E-state index contributed by atoms with van der Waals surface area (Å²) in [6.45, 7) is 5.91. The highest BCUT2D eigenvalue weighted by atomic mass is 16.5. The Morgan fingerprint density at radius 2 is 2.20 bits per heavy atom. The van der Waals surface area contributed by atoms with Crippen molar-refractivity contribution >= 4 is 5.97 Å². The maximum atomic E-state index is 11.9. The largest absolute Gasteiger partial charge is 0.492 e. The van der Waals surface area contributed by atoms with E-state index in [-0.39, 0.29) is 12.0 Å². The lowest BCUT2D eigenvalue weighted by Crippen LogP contribution is -2.56. The van der Waals surface area contributed by atoms with E-state index in [1.807, 2.05) is 37.3 Å². The number of benzene rings is 1. The van der Waals surface area contributed by atoms with Crippen molar-refractivity contribution in [2.24, 2.45) is 0 Å². The number of rotatable bonds is 6. The van der Waals surface area contributed by atoms with Gasteiger partial charge in [-0.05, 0) is 19.1 Å². The Labute approximate surface area is 119 Å². The summed E-state index contributed by atoms with van der Waals surface area (Å²) < 4.78 is 10.8. The van der Waals surface area contributed by atoms with Crippen molar-refractivity contribution < 1.29 is 14.3 Å². The van der Waals surface area contributed by atoms with Crippen LogP contribution in [0.4, 0.5) is 0 Å². The van der Waals surface area contributed by atoms with Crippen LogP contribution in [0, 0.1) is 0 Å². The minimum Gasteiger partial charge on any atom is -0.492 e. The van der Waals surface area contributed by atoms with Crippen LogP contribution in [0.5, 0.6) is 5.75 Å². The Morgan fingerprint density at radius 3 is 2.95 bits per heavy atom. The van der Waals surface area contributed by atoms with E-state index in [9.17, 15) is 4.79 Å². The summed E-state index contributed by atoms with van der Waals surface area (Å²) >= 11 is 0. The second-order valence-electron chi connectivity index (χ2n) is 4.67. The maximum absolute atomic E-state index is 11.9. The molecule has 1 N–H and O–H groups in total. The monoisotopic (exact) mass is 278 g/mol. The number of carbonyl (C=O) groups excluding carboxylic acids is 1. The van der Waals surface area contributed by atoms with Crippen LogP contribution in [0.3, 0.4) is 0 Å². The van der Waals surface area contributed by atoms with Crippen molar-refractivity contribution in [2.75, 3.05) is 39.4 Å². The molecule has 0 aromatic heterocycles. The fourth-order valence-electron chi connectivity index (χ4n) is 2.28. The van der Waals surface area contributed by atoms with Gasteiger partial charge in [-0.15, -0.1) is 0 Å². The molecule has 110 valence electrons. The summed E-state index contributed by atoms with van der Waals surface area (Å²) in [5.74, 6) is 0.703. The molecule has 1 saturated heterocycles. The molecule has 0 saturated carbocycles. The van der Waals surface area contributed by atoms with Crippen molar-refractivity contribution in [3.05, 3.63) is 30.3 Å². The van der Waals surface area contributed by atoms with Crippen LogP contribution in [0.25, 0.3) is 0 Å². The number of esters is 1. The molecule has 5 nitrogen and oxygen atoms in total. The van der Waals surface area contributed by atoms with Crippen LogP contribution in [0.1, 0.15) is 6.92 Å². The summed E-state index contributed by atoms with van der Waals surface area (Å²) in [6, 6.07) is 9.51. The van der Waals surface area contributed by atoms with E-state index in [1.54, 1.807) is 0 Å². The number of carbonyl (C=O) groups is 1. The van der Waals surface area contributed by atoms with Crippen LogP contribution in [0.2, 0.25) is 0 Å². The van der Waals surface area contributed by atoms with Gasteiger partial charge in [0.2, 0.25) is 0 Å². The number of hydrogen-bond acceptors (Lipinski definition) is 5. The number of para-hydroxylation sites is 1. The molecular weight excluding hydrogens is 256 g/mol. The molecule has 5 heteroatoms. The fourth-order valence-corrected chi connectivity index (χ4v) is 2.28. The van der Waals surface area contributed by atoms with Gasteiger partial charge < -0.3 is 14.8 Å². The molecule has 0 bridgehead atoms. The molecular formula is C15H22N2O3. The van der Waals surface area contributed by atoms with E-state index in [2.05, 4.69) is 10.2 Å². The van der Waals surface area contributed by atoms with E-state index < -0.39 is 0 Å². The Bertz CT molecular complexity index is 411. The smallest absolute Gasteiger partial charge is 0.324 e. The molecule has 1 aromatic rings. The summed E-state index contributed by atoms with van der Waals surface area (Å²) in [4.78, 5) is 14.0. The Balaban J connectivity index is 1.81. The minimum absolute atomic E-state index is 0.153. The van der Waals surface area contributed by atoms with E-state index in [1.165, 1.54) is 0 Å². The van der Waals surface area contributed by atoms with E-state index in [0.29, 0.717) is 19.8 Å². The van der Waals surface area contributed by atoms with Gasteiger partial charge in [0, 0.05) is 26.2 Å². The summed E-state index contributed by atoms with van der Waals surface area (Å²) in [7, 11) is 0. The standard InChI is InChI=1S/C15H22N2O3/c1-2-19-15(18)14-12-16-8-9-17(14)10-11-20-13-6-4-3-5-7-13/h3-7,14,16H,2,8-12H2,1H3. The first-order chi connectivity index (χ1) is 9.81. The van der Waals surface area contributed by atoms with Gasteiger partial charge in [0.05, 0.1) is 6.61 Å². The molecule has 1 atom stereocenters. The molecule has 20 heavy (non-hydrogen) atoms. The first-order valence-electron chi connectivity index (χ1n) is 7.10. The summed E-state index contributed by atoms with van der Waals surface area (Å²) in [6.07, 6.45) is 0. The van der Waals surface area contributed by atoms with Gasteiger partial charge in [0.15, 0.2) is 0 Å². The highest BCUT2D eigenvalue weighted by Crippen LogP contribution is 2.09. The zero-order chi connectivity index (χ0) is 14.2. The fraction of sp³-hybridized carbons (Fsp3) is 0.533. The van der Waals surface area contributed by atoms with Crippen molar-refractivity contribution in [1.82, 2.24) is 10.2 Å². The second-order valence-corrected chi connectivity index (χ2v) is 4.67. The van der Waals surface area contributed by atoms with Crippen LogP contribution >= 0.6 is 0 Å².